The van der Waals surface area contributed by atoms with E-state index in [1.807, 2.05) is 0 Å². The van der Waals surface area contributed by atoms with Crippen molar-refractivity contribution in [3.63, 3.8) is 0 Å². The van der Waals surface area contributed by atoms with E-state index in [-0.39, 0.29) is 0 Å². The third-order valence-electron chi connectivity index (χ3n) is 3.89. The smallest absolute Gasteiger partial charge is 0.0246 e. The molecule has 0 amide bonds. The van der Waals surface area contributed by atoms with E-state index in [1.165, 1.54) is 38.5 Å². The third kappa shape index (κ3) is 1.67. The molecular weight excluding hydrogens is 144 g/mol. The summed E-state index contributed by atoms with van der Waals surface area (Å²) in [7, 11) is 0. The maximum absolute atomic E-state index is 2.47. The average Bonchev–Trinajstić information content (AvgIpc) is 2.70. The van der Waals surface area contributed by atoms with E-state index in [1.54, 1.807) is 0 Å². The minimum Gasteiger partial charge on any atom is -0.0654 e. The molecule has 1 fully saturated rings. The van der Waals surface area contributed by atoms with E-state index >= 15 is 0 Å². The highest BCUT2D eigenvalue weighted by molar-refractivity contribution is 5.02. The summed E-state index contributed by atoms with van der Waals surface area (Å²) in [5, 5.41) is 0. The molecule has 12 heavy (non-hydrogen) atoms. The lowest BCUT2D eigenvalue weighted by Gasteiger charge is -2.34. The van der Waals surface area contributed by atoms with Crippen LogP contribution in [0.2, 0.25) is 0 Å². The lowest BCUT2D eigenvalue weighted by atomic mass is 9.70. The zero-order valence-corrected chi connectivity index (χ0v) is 9.24. The molecule has 0 spiro atoms. The first-order chi connectivity index (χ1) is 5.58. The molecule has 1 saturated carbocycles. The molecule has 0 aliphatic heterocycles. The Labute approximate surface area is 77.7 Å². The quantitative estimate of drug-likeness (QED) is 0.571. The van der Waals surface area contributed by atoms with Gasteiger partial charge in [0.25, 0.3) is 0 Å². The summed E-state index contributed by atoms with van der Waals surface area (Å²) in [5.74, 6) is 0. The van der Waals surface area contributed by atoms with E-state index in [0.717, 1.165) is 5.41 Å². The Kier molecular flexibility index (Phi) is 2.85. The fourth-order valence-corrected chi connectivity index (χ4v) is 2.78. The van der Waals surface area contributed by atoms with Gasteiger partial charge in [0.1, 0.15) is 0 Å². The molecule has 0 unspecified atom stereocenters. The number of hydrogen-bond acceptors (Lipinski definition) is 0. The van der Waals surface area contributed by atoms with E-state index < -0.39 is 0 Å². The van der Waals surface area contributed by atoms with Gasteiger partial charge < -0.3 is 0 Å². The van der Waals surface area contributed by atoms with Gasteiger partial charge >= 0.3 is 0 Å². The maximum atomic E-state index is 2.47. The molecular formula is C12H24. The SMILES string of the molecule is CCCC(C)(C)C1(CCC)CC1. The van der Waals surface area contributed by atoms with Gasteiger partial charge in [-0.25, -0.2) is 0 Å². The predicted molar refractivity (Wildman–Crippen MR) is 55.3 cm³/mol. The van der Waals surface area contributed by atoms with Gasteiger partial charge in [-0.3, -0.25) is 0 Å². The highest BCUT2D eigenvalue weighted by atomic mass is 14.6. The second kappa shape index (κ2) is 3.40. The molecule has 0 N–H and O–H groups in total. The van der Waals surface area contributed by atoms with Crippen molar-refractivity contribution in [1.29, 1.82) is 0 Å². The van der Waals surface area contributed by atoms with Gasteiger partial charge in [-0.05, 0) is 36.5 Å². The fraction of sp³-hybridized carbons (Fsp3) is 1.00. The van der Waals surface area contributed by atoms with Crippen LogP contribution in [0.4, 0.5) is 0 Å². The Morgan fingerprint density at radius 1 is 1.08 bits per heavy atom. The Morgan fingerprint density at radius 2 is 1.67 bits per heavy atom. The topological polar surface area (TPSA) is 0 Å². The normalized spacial score (nSPS) is 21.0. The molecule has 1 aliphatic rings. The molecule has 1 aliphatic carbocycles. The van der Waals surface area contributed by atoms with Crippen LogP contribution in [0.15, 0.2) is 0 Å². The van der Waals surface area contributed by atoms with Gasteiger partial charge in [-0.2, -0.15) is 0 Å². The summed E-state index contributed by atoms with van der Waals surface area (Å²) in [4.78, 5) is 0. The summed E-state index contributed by atoms with van der Waals surface area (Å²) in [5.41, 5.74) is 1.36. The van der Waals surface area contributed by atoms with Crippen molar-refractivity contribution >= 4 is 0 Å². The zero-order valence-electron chi connectivity index (χ0n) is 9.24. The van der Waals surface area contributed by atoms with Crippen molar-refractivity contribution in [2.45, 2.75) is 66.2 Å². The van der Waals surface area contributed by atoms with Crippen LogP contribution in [0.5, 0.6) is 0 Å². The molecule has 0 saturated heterocycles. The second-order valence-electron chi connectivity index (χ2n) is 5.16. The standard InChI is InChI=1S/C12H24/c1-5-7-11(3,4)12(8-6-2)9-10-12/h5-10H2,1-4H3. The summed E-state index contributed by atoms with van der Waals surface area (Å²) in [6.45, 7) is 9.57. The van der Waals surface area contributed by atoms with Crippen LogP contribution in [0.1, 0.15) is 66.2 Å². The summed E-state index contributed by atoms with van der Waals surface area (Å²) < 4.78 is 0. The molecule has 0 nitrogen and oxygen atoms in total. The lowest BCUT2D eigenvalue weighted by Crippen LogP contribution is -2.25. The minimum atomic E-state index is 0.609. The average molecular weight is 168 g/mol. The maximum Gasteiger partial charge on any atom is -0.0246 e. The first-order valence-corrected chi connectivity index (χ1v) is 5.58. The highest BCUT2D eigenvalue weighted by Gasteiger charge is 2.52. The van der Waals surface area contributed by atoms with E-state index in [4.69, 9.17) is 0 Å². The first kappa shape index (κ1) is 10.1. The highest BCUT2D eigenvalue weighted by Crippen LogP contribution is 2.62. The first-order valence-electron chi connectivity index (χ1n) is 5.58. The number of hydrogen-bond donors (Lipinski definition) is 0. The van der Waals surface area contributed by atoms with E-state index in [0.29, 0.717) is 5.41 Å². The van der Waals surface area contributed by atoms with Crippen molar-refractivity contribution in [3.8, 4) is 0 Å². The lowest BCUT2D eigenvalue weighted by molar-refractivity contribution is 0.155. The van der Waals surface area contributed by atoms with Crippen LogP contribution in [-0.2, 0) is 0 Å². The Bertz CT molecular complexity index is 134. The molecule has 0 radical (unpaired) electrons. The fourth-order valence-electron chi connectivity index (χ4n) is 2.78. The second-order valence-corrected chi connectivity index (χ2v) is 5.16. The van der Waals surface area contributed by atoms with Crippen LogP contribution < -0.4 is 0 Å². The van der Waals surface area contributed by atoms with Crippen molar-refractivity contribution in [2.24, 2.45) is 10.8 Å². The molecule has 72 valence electrons. The molecule has 0 heterocycles. The van der Waals surface area contributed by atoms with Crippen molar-refractivity contribution < 1.29 is 0 Å². The number of rotatable bonds is 5. The van der Waals surface area contributed by atoms with Crippen molar-refractivity contribution in [2.75, 3.05) is 0 Å². The molecule has 0 aromatic rings. The van der Waals surface area contributed by atoms with Crippen molar-refractivity contribution in [3.05, 3.63) is 0 Å². The molecule has 0 bridgehead atoms. The van der Waals surface area contributed by atoms with Crippen molar-refractivity contribution in [1.82, 2.24) is 0 Å². The summed E-state index contributed by atoms with van der Waals surface area (Å²) in [6, 6.07) is 0. The summed E-state index contributed by atoms with van der Waals surface area (Å²) in [6.07, 6.45) is 8.57. The van der Waals surface area contributed by atoms with Gasteiger partial charge in [0.15, 0.2) is 0 Å². The van der Waals surface area contributed by atoms with E-state index in [9.17, 15) is 0 Å². The van der Waals surface area contributed by atoms with Gasteiger partial charge in [0, 0.05) is 0 Å². The predicted octanol–water partition coefficient (Wildman–Crippen LogP) is 4.39. The minimum absolute atomic E-state index is 0.609. The van der Waals surface area contributed by atoms with Crippen LogP contribution >= 0.6 is 0 Å². The van der Waals surface area contributed by atoms with Gasteiger partial charge in [-0.1, -0.05) is 40.5 Å². The Morgan fingerprint density at radius 3 is 2.00 bits per heavy atom. The molecule has 0 aromatic heterocycles. The summed E-state index contributed by atoms with van der Waals surface area (Å²) >= 11 is 0. The third-order valence-corrected chi connectivity index (χ3v) is 3.89. The molecule has 0 atom stereocenters. The van der Waals surface area contributed by atoms with E-state index in [2.05, 4.69) is 27.7 Å². The molecule has 0 aromatic carbocycles. The zero-order chi connectivity index (χ0) is 9.24. The Hall–Kier alpha value is 0. The van der Waals surface area contributed by atoms with Crippen LogP contribution in [0, 0.1) is 10.8 Å². The van der Waals surface area contributed by atoms with Gasteiger partial charge in [0.2, 0.25) is 0 Å². The molecule has 0 heteroatoms. The Balaban J connectivity index is 2.53. The monoisotopic (exact) mass is 168 g/mol. The largest absolute Gasteiger partial charge is 0.0654 e. The van der Waals surface area contributed by atoms with Gasteiger partial charge in [-0.15, -0.1) is 0 Å². The van der Waals surface area contributed by atoms with Crippen LogP contribution in [-0.4, -0.2) is 0 Å². The van der Waals surface area contributed by atoms with Gasteiger partial charge in [0.05, 0.1) is 0 Å². The van der Waals surface area contributed by atoms with Crippen LogP contribution in [0.25, 0.3) is 0 Å². The molecule has 1 rings (SSSR count). The van der Waals surface area contributed by atoms with Crippen LogP contribution in [0.3, 0.4) is 0 Å².